The van der Waals surface area contributed by atoms with Crippen molar-refractivity contribution in [2.45, 2.75) is 19.4 Å². The maximum Gasteiger partial charge on any atom is 0.360 e. The highest BCUT2D eigenvalue weighted by Gasteiger charge is 2.21. The van der Waals surface area contributed by atoms with Crippen molar-refractivity contribution in [3.63, 3.8) is 0 Å². The van der Waals surface area contributed by atoms with Gasteiger partial charge in [-0.2, -0.15) is 0 Å². The molecule has 2 rings (SSSR count). The fraction of sp³-hybridized carbons (Fsp3) is 0.667. The van der Waals surface area contributed by atoms with Gasteiger partial charge >= 0.3 is 5.97 Å². The molecule has 6 nitrogen and oxygen atoms in total. The van der Waals surface area contributed by atoms with Crippen molar-refractivity contribution >= 4 is 5.97 Å². The molecule has 2 heterocycles. The van der Waals surface area contributed by atoms with Crippen LogP contribution in [0.25, 0.3) is 0 Å². The second-order valence-corrected chi connectivity index (χ2v) is 3.53. The van der Waals surface area contributed by atoms with Crippen molar-refractivity contribution in [3.8, 4) is 0 Å². The number of ether oxygens (including phenoxy) is 1. The Morgan fingerprint density at radius 1 is 1.73 bits per heavy atom. The second kappa shape index (κ2) is 4.39. The van der Waals surface area contributed by atoms with E-state index in [0.717, 1.165) is 19.5 Å². The van der Waals surface area contributed by atoms with Crippen molar-refractivity contribution in [1.29, 1.82) is 0 Å². The van der Waals surface area contributed by atoms with Gasteiger partial charge in [-0.25, -0.2) is 9.48 Å². The van der Waals surface area contributed by atoms with Crippen LogP contribution in [0.2, 0.25) is 0 Å². The van der Waals surface area contributed by atoms with E-state index < -0.39 is 5.97 Å². The molecule has 1 aromatic heterocycles. The number of rotatable bonds is 4. The molecule has 0 aromatic carbocycles. The van der Waals surface area contributed by atoms with Crippen LogP contribution in [0, 0.1) is 0 Å². The van der Waals surface area contributed by atoms with Gasteiger partial charge in [0.25, 0.3) is 0 Å². The van der Waals surface area contributed by atoms with Crippen molar-refractivity contribution in [1.82, 2.24) is 20.3 Å². The molecule has 0 aliphatic carbocycles. The molecule has 0 saturated carbocycles. The number of nitrogens with zero attached hydrogens (tertiary/aromatic N) is 3. The van der Waals surface area contributed by atoms with Crippen LogP contribution in [0.4, 0.5) is 0 Å². The van der Waals surface area contributed by atoms with E-state index >= 15 is 0 Å². The molecule has 0 radical (unpaired) electrons. The van der Waals surface area contributed by atoms with Gasteiger partial charge in [0.2, 0.25) is 0 Å². The number of esters is 1. The Bertz CT molecular complexity index is 346. The van der Waals surface area contributed by atoms with Gasteiger partial charge in [0.15, 0.2) is 5.69 Å². The smallest absolute Gasteiger partial charge is 0.360 e. The van der Waals surface area contributed by atoms with E-state index in [2.05, 4.69) is 15.6 Å². The molecular formula is C9H14N4O2. The van der Waals surface area contributed by atoms with Crippen molar-refractivity contribution in [2.24, 2.45) is 0 Å². The Hall–Kier alpha value is -1.43. The quantitative estimate of drug-likeness (QED) is 0.708. The largest absolute Gasteiger partial charge is 0.461 e. The maximum absolute atomic E-state index is 11.4. The molecule has 0 unspecified atom stereocenters. The average molecular weight is 210 g/mol. The Kier molecular flexibility index (Phi) is 2.96. The SMILES string of the molecule is CCCOC(=O)c1cn(C2CNC2)nn1. The highest BCUT2D eigenvalue weighted by molar-refractivity contribution is 5.86. The lowest BCUT2D eigenvalue weighted by molar-refractivity contribution is 0.0498. The summed E-state index contributed by atoms with van der Waals surface area (Å²) in [4.78, 5) is 11.4. The molecule has 1 N–H and O–H groups in total. The van der Waals surface area contributed by atoms with Gasteiger partial charge in [-0.1, -0.05) is 12.1 Å². The lowest BCUT2D eigenvalue weighted by atomic mass is 10.2. The zero-order chi connectivity index (χ0) is 10.7. The lowest BCUT2D eigenvalue weighted by Gasteiger charge is -2.26. The van der Waals surface area contributed by atoms with Crippen LogP contribution >= 0.6 is 0 Å². The first-order chi connectivity index (χ1) is 7.31. The minimum atomic E-state index is -0.393. The number of hydrogen-bond donors (Lipinski definition) is 1. The summed E-state index contributed by atoms with van der Waals surface area (Å²) in [6.45, 7) is 4.14. The molecular weight excluding hydrogens is 196 g/mol. The van der Waals surface area contributed by atoms with Gasteiger partial charge in [0.1, 0.15) is 0 Å². The molecule has 6 heteroatoms. The summed E-state index contributed by atoms with van der Waals surface area (Å²) in [6.07, 6.45) is 2.45. The van der Waals surface area contributed by atoms with Gasteiger partial charge in [-0.05, 0) is 6.42 Å². The number of nitrogens with one attached hydrogen (secondary N) is 1. The fourth-order valence-corrected chi connectivity index (χ4v) is 1.28. The summed E-state index contributed by atoms with van der Waals surface area (Å²) in [5, 5.41) is 10.8. The van der Waals surface area contributed by atoms with E-state index in [-0.39, 0.29) is 5.69 Å². The average Bonchev–Trinajstić information content (AvgIpc) is 2.60. The first-order valence-corrected chi connectivity index (χ1v) is 5.11. The Balaban J connectivity index is 1.96. The molecule has 1 fully saturated rings. The second-order valence-electron chi connectivity index (χ2n) is 3.53. The Morgan fingerprint density at radius 3 is 3.13 bits per heavy atom. The molecule has 1 saturated heterocycles. The number of carbonyl (C=O) groups excluding carboxylic acids is 1. The van der Waals surface area contributed by atoms with E-state index in [9.17, 15) is 4.79 Å². The molecule has 1 aliphatic heterocycles. The summed E-state index contributed by atoms with van der Waals surface area (Å²) in [5.41, 5.74) is 0.287. The standard InChI is InChI=1S/C9H14N4O2/c1-2-3-15-9(14)8-6-13(12-11-8)7-4-10-5-7/h6-7,10H,2-5H2,1H3. The summed E-state index contributed by atoms with van der Waals surface area (Å²) in [5.74, 6) is -0.393. The third-order valence-corrected chi connectivity index (χ3v) is 2.29. The molecule has 0 bridgehead atoms. The molecule has 82 valence electrons. The van der Waals surface area contributed by atoms with Crippen molar-refractivity contribution in [2.75, 3.05) is 19.7 Å². The Morgan fingerprint density at radius 2 is 2.53 bits per heavy atom. The third kappa shape index (κ3) is 2.15. The highest BCUT2D eigenvalue weighted by Crippen LogP contribution is 2.10. The van der Waals surface area contributed by atoms with Crippen molar-refractivity contribution < 1.29 is 9.53 Å². The fourth-order valence-electron chi connectivity index (χ4n) is 1.28. The molecule has 1 aliphatic rings. The highest BCUT2D eigenvalue weighted by atomic mass is 16.5. The normalized spacial score (nSPS) is 16.1. The summed E-state index contributed by atoms with van der Waals surface area (Å²) in [6, 6.07) is 0.324. The van der Waals surface area contributed by atoms with Gasteiger partial charge in [-0.3, -0.25) is 0 Å². The van der Waals surface area contributed by atoms with Crippen LogP contribution in [0.5, 0.6) is 0 Å². The van der Waals surface area contributed by atoms with Gasteiger partial charge < -0.3 is 10.1 Å². The first kappa shape index (κ1) is 10.1. The van der Waals surface area contributed by atoms with Gasteiger partial charge in [0.05, 0.1) is 18.8 Å². The number of carbonyl (C=O) groups is 1. The predicted molar refractivity (Wildman–Crippen MR) is 52.5 cm³/mol. The molecule has 0 amide bonds. The summed E-state index contributed by atoms with van der Waals surface area (Å²) >= 11 is 0. The molecule has 1 aromatic rings. The van der Waals surface area contributed by atoms with Crippen molar-refractivity contribution in [3.05, 3.63) is 11.9 Å². The maximum atomic E-state index is 11.4. The van der Waals surface area contributed by atoms with E-state index in [1.54, 1.807) is 10.9 Å². The zero-order valence-electron chi connectivity index (χ0n) is 8.64. The molecule has 0 atom stereocenters. The van der Waals surface area contributed by atoms with Crippen LogP contribution in [-0.2, 0) is 4.74 Å². The first-order valence-electron chi connectivity index (χ1n) is 5.11. The van der Waals surface area contributed by atoms with Crippen LogP contribution in [0.15, 0.2) is 6.20 Å². The summed E-state index contributed by atoms with van der Waals surface area (Å²) in [7, 11) is 0. The predicted octanol–water partition coefficient (Wildman–Crippen LogP) is -0.0108. The van der Waals surface area contributed by atoms with Crippen LogP contribution in [0.3, 0.4) is 0 Å². The van der Waals surface area contributed by atoms with Gasteiger partial charge in [-0.15, -0.1) is 5.10 Å². The summed E-state index contributed by atoms with van der Waals surface area (Å²) < 4.78 is 6.66. The van der Waals surface area contributed by atoms with Crippen LogP contribution in [-0.4, -0.2) is 40.7 Å². The van der Waals surface area contributed by atoms with E-state index in [1.165, 1.54) is 0 Å². The third-order valence-electron chi connectivity index (χ3n) is 2.29. The minimum absolute atomic E-state index is 0.287. The van der Waals surface area contributed by atoms with Crippen LogP contribution in [0.1, 0.15) is 29.9 Å². The topological polar surface area (TPSA) is 69.0 Å². The monoisotopic (exact) mass is 210 g/mol. The van der Waals surface area contributed by atoms with E-state index in [0.29, 0.717) is 12.6 Å². The molecule has 15 heavy (non-hydrogen) atoms. The number of aromatic nitrogens is 3. The zero-order valence-corrected chi connectivity index (χ0v) is 8.64. The molecule has 0 spiro atoms. The minimum Gasteiger partial charge on any atom is -0.461 e. The Labute approximate surface area is 87.6 Å². The van der Waals surface area contributed by atoms with E-state index in [4.69, 9.17) is 4.74 Å². The lowest BCUT2D eigenvalue weighted by Crippen LogP contribution is -2.43. The van der Waals surface area contributed by atoms with E-state index in [1.807, 2.05) is 6.92 Å². The van der Waals surface area contributed by atoms with Crippen LogP contribution < -0.4 is 5.32 Å². The van der Waals surface area contributed by atoms with Gasteiger partial charge in [0, 0.05) is 13.1 Å². The number of hydrogen-bond acceptors (Lipinski definition) is 5.